The van der Waals surface area contributed by atoms with Gasteiger partial charge < -0.3 is 16.0 Å². The van der Waals surface area contributed by atoms with E-state index in [1.54, 1.807) is 0 Å². The topological polar surface area (TPSA) is 117 Å². The molecular formula is C22H15ClF4N6O2. The number of rotatable bonds is 3. The predicted molar refractivity (Wildman–Crippen MR) is 117 cm³/mol. The molecule has 0 radical (unpaired) electrons. The lowest BCUT2D eigenvalue weighted by atomic mass is 10.0. The Bertz CT molecular complexity index is 1360. The number of hydrogen-bond acceptors (Lipinski definition) is 4. The Morgan fingerprint density at radius 2 is 1.89 bits per heavy atom. The molecule has 1 unspecified atom stereocenters. The smallest absolute Gasteiger partial charge is 0.365 e. The number of nitrogens with zero attached hydrogens (tertiary/aromatic N) is 4. The van der Waals surface area contributed by atoms with Crippen molar-refractivity contribution < 1.29 is 27.2 Å². The Labute approximate surface area is 200 Å². The summed E-state index contributed by atoms with van der Waals surface area (Å²) >= 11 is 5.80. The van der Waals surface area contributed by atoms with Gasteiger partial charge >= 0.3 is 12.2 Å². The van der Waals surface area contributed by atoms with Gasteiger partial charge in [0.2, 0.25) is 0 Å². The molecule has 2 heterocycles. The average molecular weight is 507 g/mol. The van der Waals surface area contributed by atoms with Crippen molar-refractivity contribution in [2.75, 3.05) is 11.9 Å². The maximum atomic E-state index is 14.0. The highest BCUT2D eigenvalue weighted by molar-refractivity contribution is 6.31. The molecule has 1 aliphatic heterocycles. The molecule has 0 fully saturated rings. The van der Waals surface area contributed by atoms with Crippen molar-refractivity contribution in [2.45, 2.75) is 18.8 Å². The summed E-state index contributed by atoms with van der Waals surface area (Å²) in [6.07, 6.45) is -4.83. The summed E-state index contributed by atoms with van der Waals surface area (Å²) in [6, 6.07) is 7.81. The van der Waals surface area contributed by atoms with Gasteiger partial charge in [0.1, 0.15) is 11.5 Å². The molecule has 0 aliphatic carbocycles. The van der Waals surface area contributed by atoms with Crippen molar-refractivity contribution in [1.29, 1.82) is 5.26 Å². The third-order valence-corrected chi connectivity index (χ3v) is 5.70. The van der Waals surface area contributed by atoms with Gasteiger partial charge in [-0.3, -0.25) is 9.48 Å². The van der Waals surface area contributed by atoms with Gasteiger partial charge in [-0.1, -0.05) is 11.6 Å². The second kappa shape index (κ2) is 8.92. The lowest BCUT2D eigenvalue weighted by Crippen LogP contribution is -2.48. The number of nitrogens with two attached hydrogens (primary N) is 1. The van der Waals surface area contributed by atoms with Crippen LogP contribution in [0.4, 0.5) is 28.0 Å². The van der Waals surface area contributed by atoms with Gasteiger partial charge in [0.25, 0.3) is 5.91 Å². The number of hydrogen-bond donors (Lipinski definition) is 2. The number of benzene rings is 2. The van der Waals surface area contributed by atoms with E-state index in [4.69, 9.17) is 22.6 Å². The van der Waals surface area contributed by atoms with Gasteiger partial charge in [0, 0.05) is 11.3 Å². The molecule has 35 heavy (non-hydrogen) atoms. The Balaban J connectivity index is 1.76. The van der Waals surface area contributed by atoms with Crippen LogP contribution in [0.2, 0.25) is 5.02 Å². The van der Waals surface area contributed by atoms with Crippen molar-refractivity contribution >= 4 is 29.2 Å². The van der Waals surface area contributed by atoms with Crippen molar-refractivity contribution in [2.24, 2.45) is 5.73 Å². The van der Waals surface area contributed by atoms with Crippen LogP contribution >= 0.6 is 11.6 Å². The summed E-state index contributed by atoms with van der Waals surface area (Å²) < 4.78 is 56.2. The van der Waals surface area contributed by atoms with Crippen LogP contribution < -0.4 is 11.1 Å². The first-order chi connectivity index (χ1) is 16.5. The van der Waals surface area contributed by atoms with Crippen LogP contribution in [0.5, 0.6) is 0 Å². The molecule has 1 aliphatic rings. The van der Waals surface area contributed by atoms with Gasteiger partial charge in [0.05, 0.1) is 41.0 Å². The molecule has 8 nitrogen and oxygen atoms in total. The summed E-state index contributed by atoms with van der Waals surface area (Å²) in [5, 5.41) is 15.0. The SMILES string of the molecule is N#Cc1ccc(NC(=O)N2Cc3c(C(N)=O)c(-c4ccc(F)c(Cl)c4)nn3C(C(F)(F)F)C2)cc1. The first-order valence-electron chi connectivity index (χ1n) is 9.99. The van der Waals surface area contributed by atoms with Crippen LogP contribution in [0.3, 0.4) is 0 Å². The molecule has 3 N–H and O–H groups in total. The van der Waals surface area contributed by atoms with Crippen LogP contribution in [-0.2, 0) is 6.54 Å². The minimum absolute atomic E-state index is 0.0848. The lowest BCUT2D eigenvalue weighted by molar-refractivity contribution is -0.177. The Hall–Kier alpha value is -4.11. The molecule has 0 spiro atoms. The number of alkyl halides is 3. The zero-order valence-corrected chi connectivity index (χ0v) is 18.4. The number of anilines is 1. The van der Waals surface area contributed by atoms with E-state index in [0.717, 1.165) is 17.0 Å². The summed E-state index contributed by atoms with van der Waals surface area (Å²) in [5.41, 5.74) is 5.40. The monoisotopic (exact) mass is 506 g/mol. The first-order valence-corrected chi connectivity index (χ1v) is 10.4. The second-order valence-electron chi connectivity index (χ2n) is 7.67. The molecular weight excluding hydrogens is 492 g/mol. The fourth-order valence-electron chi connectivity index (χ4n) is 3.74. The minimum Gasteiger partial charge on any atom is -0.365 e. The quantitative estimate of drug-likeness (QED) is 0.510. The van der Waals surface area contributed by atoms with E-state index in [0.29, 0.717) is 10.2 Å². The molecule has 0 saturated heterocycles. The van der Waals surface area contributed by atoms with Crippen molar-refractivity contribution in [1.82, 2.24) is 14.7 Å². The number of urea groups is 1. The van der Waals surface area contributed by atoms with Crippen LogP contribution in [-0.4, -0.2) is 39.3 Å². The number of carbonyl (C=O) groups is 2. The average Bonchev–Trinajstić information content (AvgIpc) is 3.19. The van der Waals surface area contributed by atoms with Crippen LogP contribution in [0, 0.1) is 17.1 Å². The molecule has 2 aromatic carbocycles. The highest BCUT2D eigenvalue weighted by Crippen LogP contribution is 2.39. The number of nitriles is 1. The second-order valence-corrected chi connectivity index (χ2v) is 8.07. The third-order valence-electron chi connectivity index (χ3n) is 5.41. The van der Waals surface area contributed by atoms with E-state index >= 15 is 0 Å². The van der Waals surface area contributed by atoms with E-state index in [1.807, 2.05) is 6.07 Å². The highest BCUT2D eigenvalue weighted by atomic mass is 35.5. The van der Waals surface area contributed by atoms with Gasteiger partial charge in [-0.15, -0.1) is 0 Å². The zero-order valence-electron chi connectivity index (χ0n) is 17.6. The van der Waals surface area contributed by atoms with Gasteiger partial charge in [-0.05, 0) is 42.5 Å². The van der Waals surface area contributed by atoms with E-state index in [1.165, 1.54) is 30.3 Å². The third kappa shape index (κ3) is 4.63. The van der Waals surface area contributed by atoms with Gasteiger partial charge in [0.15, 0.2) is 6.04 Å². The van der Waals surface area contributed by atoms with Gasteiger partial charge in [-0.25, -0.2) is 9.18 Å². The summed E-state index contributed by atoms with van der Waals surface area (Å²) in [6.45, 7) is -1.20. The highest BCUT2D eigenvalue weighted by Gasteiger charge is 2.48. The van der Waals surface area contributed by atoms with E-state index in [2.05, 4.69) is 10.4 Å². The van der Waals surface area contributed by atoms with Crippen molar-refractivity contribution in [3.8, 4) is 17.3 Å². The number of aromatic nitrogens is 2. The number of primary amides is 1. The summed E-state index contributed by atoms with van der Waals surface area (Å²) in [5.74, 6) is -1.84. The van der Waals surface area contributed by atoms with E-state index in [-0.39, 0.29) is 33.2 Å². The normalized spacial score (nSPS) is 15.3. The van der Waals surface area contributed by atoms with Crippen LogP contribution in [0.25, 0.3) is 11.3 Å². The maximum absolute atomic E-state index is 14.0. The molecule has 1 aromatic heterocycles. The van der Waals surface area contributed by atoms with Crippen molar-refractivity contribution in [3.05, 3.63) is 70.1 Å². The maximum Gasteiger partial charge on any atom is 0.412 e. The molecule has 0 saturated carbocycles. The zero-order chi connectivity index (χ0) is 25.5. The fourth-order valence-corrected chi connectivity index (χ4v) is 3.92. The first kappa shape index (κ1) is 24.0. The Morgan fingerprint density at radius 3 is 2.46 bits per heavy atom. The number of halogens is 5. The van der Waals surface area contributed by atoms with Crippen molar-refractivity contribution in [3.63, 3.8) is 0 Å². The number of nitrogens with one attached hydrogen (secondary N) is 1. The molecule has 3 aromatic rings. The minimum atomic E-state index is -4.83. The predicted octanol–water partition coefficient (Wildman–Crippen LogP) is 4.46. The van der Waals surface area contributed by atoms with E-state index in [9.17, 15) is 27.2 Å². The number of carbonyl (C=O) groups excluding carboxylic acids is 2. The summed E-state index contributed by atoms with van der Waals surface area (Å²) in [7, 11) is 0. The fraction of sp³-hybridized carbons (Fsp3) is 0.182. The van der Waals surface area contributed by atoms with Gasteiger partial charge in [-0.2, -0.15) is 23.5 Å². The summed E-state index contributed by atoms with van der Waals surface area (Å²) in [4.78, 5) is 26.0. The van der Waals surface area contributed by atoms with E-state index < -0.39 is 43.1 Å². The molecule has 0 bridgehead atoms. The number of amides is 3. The molecule has 180 valence electrons. The molecule has 3 amide bonds. The largest absolute Gasteiger partial charge is 0.412 e. The standard InChI is InChI=1S/C22H15ClF4N6O2/c23-14-7-12(3-6-15(14)24)19-18(20(29)34)16-9-32(10-17(22(25,26)27)33(16)31-19)21(35)30-13-4-1-11(8-28)2-5-13/h1-7,17H,9-10H2,(H2,29,34)(H,30,35). The molecule has 13 heteroatoms. The Morgan fingerprint density at radius 1 is 1.20 bits per heavy atom. The molecule has 1 atom stereocenters. The lowest BCUT2D eigenvalue weighted by Gasteiger charge is -2.35. The van der Waals surface area contributed by atoms with Crippen LogP contribution in [0.1, 0.15) is 27.7 Å². The number of fused-ring (bicyclic) bond motifs is 1. The Kier molecular flexibility index (Phi) is 6.12. The van der Waals surface area contributed by atoms with Crippen LogP contribution in [0.15, 0.2) is 42.5 Å². The molecule has 4 rings (SSSR count).